The first kappa shape index (κ1) is 10.9. The third-order valence-electron chi connectivity index (χ3n) is 2.47. The molecular weight excluding hydrogens is 220 g/mol. The molecule has 1 aromatic carbocycles. The van der Waals surface area contributed by atoms with Crippen LogP contribution in [0.1, 0.15) is 15.2 Å². The van der Waals surface area contributed by atoms with E-state index in [-0.39, 0.29) is 5.97 Å². The van der Waals surface area contributed by atoms with Crippen LogP contribution in [-0.4, -0.2) is 13.1 Å². The summed E-state index contributed by atoms with van der Waals surface area (Å²) in [5.41, 5.74) is 3.20. The van der Waals surface area contributed by atoms with Gasteiger partial charge in [0.2, 0.25) is 0 Å². The van der Waals surface area contributed by atoms with Crippen LogP contribution in [0.25, 0.3) is 11.1 Å². The average Bonchev–Trinajstić information content (AvgIpc) is 2.77. The van der Waals surface area contributed by atoms with Crippen molar-refractivity contribution in [3.8, 4) is 11.1 Å². The molecule has 0 N–H and O–H groups in total. The van der Waals surface area contributed by atoms with Crippen LogP contribution in [0.3, 0.4) is 0 Å². The zero-order chi connectivity index (χ0) is 11.5. The van der Waals surface area contributed by atoms with Crippen LogP contribution in [0, 0.1) is 6.92 Å². The van der Waals surface area contributed by atoms with Gasteiger partial charge in [-0.1, -0.05) is 24.3 Å². The molecule has 2 aromatic rings. The second kappa shape index (κ2) is 4.49. The molecule has 0 aliphatic heterocycles. The fourth-order valence-corrected chi connectivity index (χ4v) is 2.47. The maximum absolute atomic E-state index is 11.6. The smallest absolute Gasteiger partial charge is 0.348 e. The lowest BCUT2D eigenvalue weighted by atomic mass is 10.0. The molecule has 0 aliphatic rings. The summed E-state index contributed by atoms with van der Waals surface area (Å²) in [6.45, 7) is 2.04. The Hall–Kier alpha value is -1.61. The summed E-state index contributed by atoms with van der Waals surface area (Å²) < 4.78 is 4.77. The van der Waals surface area contributed by atoms with Gasteiger partial charge in [-0.05, 0) is 29.5 Å². The van der Waals surface area contributed by atoms with Gasteiger partial charge in [-0.25, -0.2) is 4.79 Å². The number of esters is 1. The first-order valence-corrected chi connectivity index (χ1v) is 5.84. The second-order valence-corrected chi connectivity index (χ2v) is 4.39. The lowest BCUT2D eigenvalue weighted by molar-refractivity contribution is 0.0607. The van der Waals surface area contributed by atoms with Gasteiger partial charge in [0.05, 0.1) is 7.11 Å². The third kappa shape index (κ3) is 1.86. The minimum absolute atomic E-state index is 0.270. The summed E-state index contributed by atoms with van der Waals surface area (Å²) in [5.74, 6) is -0.270. The lowest BCUT2D eigenvalue weighted by Crippen LogP contribution is -2.00. The number of rotatable bonds is 2. The fourth-order valence-electron chi connectivity index (χ4n) is 1.65. The number of carbonyl (C=O) groups excluding carboxylic acids is 1. The molecule has 1 aromatic heterocycles. The van der Waals surface area contributed by atoms with E-state index in [2.05, 4.69) is 0 Å². The second-order valence-electron chi connectivity index (χ2n) is 3.47. The van der Waals surface area contributed by atoms with Gasteiger partial charge in [0.15, 0.2) is 0 Å². The Morgan fingerprint density at radius 3 is 2.62 bits per heavy atom. The van der Waals surface area contributed by atoms with E-state index in [0.717, 1.165) is 16.7 Å². The van der Waals surface area contributed by atoms with Gasteiger partial charge in [-0.3, -0.25) is 0 Å². The Morgan fingerprint density at radius 1 is 1.19 bits per heavy atom. The Labute approximate surface area is 98.5 Å². The van der Waals surface area contributed by atoms with E-state index >= 15 is 0 Å². The molecule has 0 aliphatic carbocycles. The Balaban J connectivity index is 2.53. The van der Waals surface area contributed by atoms with Crippen LogP contribution in [-0.2, 0) is 4.74 Å². The third-order valence-corrected chi connectivity index (χ3v) is 3.37. The molecule has 2 nitrogen and oxygen atoms in total. The topological polar surface area (TPSA) is 26.3 Å². The first-order valence-electron chi connectivity index (χ1n) is 4.96. The van der Waals surface area contributed by atoms with Gasteiger partial charge in [-0.15, -0.1) is 11.3 Å². The lowest BCUT2D eigenvalue weighted by Gasteiger charge is -2.05. The molecule has 0 saturated heterocycles. The van der Waals surface area contributed by atoms with Crippen molar-refractivity contribution in [3.05, 3.63) is 46.2 Å². The molecule has 0 atom stereocenters. The Morgan fingerprint density at radius 2 is 1.94 bits per heavy atom. The van der Waals surface area contributed by atoms with Crippen LogP contribution in [0.2, 0.25) is 0 Å². The molecular formula is C13H12O2S. The molecule has 3 heteroatoms. The summed E-state index contributed by atoms with van der Waals surface area (Å²) in [5, 5.41) is 1.91. The molecule has 2 rings (SSSR count). The van der Waals surface area contributed by atoms with E-state index in [4.69, 9.17) is 4.74 Å². The van der Waals surface area contributed by atoms with E-state index in [9.17, 15) is 4.79 Å². The van der Waals surface area contributed by atoms with Crippen LogP contribution < -0.4 is 0 Å². The molecule has 0 amide bonds. The largest absolute Gasteiger partial charge is 0.465 e. The van der Waals surface area contributed by atoms with Gasteiger partial charge in [0.1, 0.15) is 4.88 Å². The number of aryl methyl sites for hydroxylation is 1. The van der Waals surface area contributed by atoms with Crippen LogP contribution in [0.15, 0.2) is 35.7 Å². The van der Waals surface area contributed by atoms with Gasteiger partial charge in [-0.2, -0.15) is 0 Å². The minimum Gasteiger partial charge on any atom is -0.465 e. The quantitative estimate of drug-likeness (QED) is 0.741. The molecule has 0 radical (unpaired) electrons. The maximum Gasteiger partial charge on any atom is 0.348 e. The van der Waals surface area contributed by atoms with Crippen LogP contribution >= 0.6 is 11.3 Å². The summed E-state index contributed by atoms with van der Waals surface area (Å²) in [6.07, 6.45) is 0. The SMILES string of the molecule is COC(=O)c1sccc1-c1ccccc1C. The molecule has 16 heavy (non-hydrogen) atoms. The molecule has 1 heterocycles. The highest BCUT2D eigenvalue weighted by Crippen LogP contribution is 2.30. The van der Waals surface area contributed by atoms with Crippen molar-refractivity contribution >= 4 is 17.3 Å². The average molecular weight is 232 g/mol. The van der Waals surface area contributed by atoms with Crippen LogP contribution in [0.4, 0.5) is 0 Å². The highest BCUT2D eigenvalue weighted by atomic mass is 32.1. The van der Waals surface area contributed by atoms with E-state index in [1.54, 1.807) is 0 Å². The number of benzene rings is 1. The number of hydrogen-bond donors (Lipinski definition) is 0. The maximum atomic E-state index is 11.6. The molecule has 0 fully saturated rings. The number of thiophene rings is 1. The van der Waals surface area contributed by atoms with Crippen molar-refractivity contribution in [3.63, 3.8) is 0 Å². The highest BCUT2D eigenvalue weighted by Gasteiger charge is 2.15. The summed E-state index contributed by atoms with van der Waals surface area (Å²) in [6, 6.07) is 9.97. The van der Waals surface area contributed by atoms with Gasteiger partial charge in [0.25, 0.3) is 0 Å². The number of hydrogen-bond acceptors (Lipinski definition) is 3. The number of carbonyl (C=O) groups is 1. The fraction of sp³-hybridized carbons (Fsp3) is 0.154. The first-order chi connectivity index (χ1) is 7.74. The standard InChI is InChI=1S/C13H12O2S/c1-9-5-3-4-6-10(9)11-7-8-16-12(11)13(14)15-2/h3-8H,1-2H3. The van der Waals surface area contributed by atoms with Crippen molar-refractivity contribution in [1.82, 2.24) is 0 Å². The number of ether oxygens (including phenoxy) is 1. The summed E-state index contributed by atoms with van der Waals surface area (Å²) in [4.78, 5) is 12.2. The van der Waals surface area contributed by atoms with Crippen LogP contribution in [0.5, 0.6) is 0 Å². The molecule has 0 spiro atoms. The normalized spacial score (nSPS) is 10.1. The van der Waals surface area contributed by atoms with E-state index in [0.29, 0.717) is 4.88 Å². The highest BCUT2D eigenvalue weighted by molar-refractivity contribution is 7.12. The van der Waals surface area contributed by atoms with Gasteiger partial charge < -0.3 is 4.74 Å². The summed E-state index contributed by atoms with van der Waals surface area (Å²) in [7, 11) is 1.41. The summed E-state index contributed by atoms with van der Waals surface area (Å²) >= 11 is 1.41. The zero-order valence-corrected chi connectivity index (χ0v) is 10.0. The van der Waals surface area contributed by atoms with Gasteiger partial charge in [0, 0.05) is 5.56 Å². The van der Waals surface area contributed by atoms with E-state index in [1.165, 1.54) is 18.4 Å². The molecule has 0 unspecified atom stereocenters. The number of methoxy groups -OCH3 is 1. The van der Waals surface area contributed by atoms with Crippen molar-refractivity contribution in [1.29, 1.82) is 0 Å². The Kier molecular flexibility index (Phi) is 3.06. The van der Waals surface area contributed by atoms with Crippen molar-refractivity contribution < 1.29 is 9.53 Å². The Bertz CT molecular complexity index is 514. The molecule has 0 saturated carbocycles. The van der Waals surface area contributed by atoms with E-state index in [1.807, 2.05) is 42.6 Å². The molecule has 82 valence electrons. The monoisotopic (exact) mass is 232 g/mol. The van der Waals surface area contributed by atoms with Crippen molar-refractivity contribution in [2.75, 3.05) is 7.11 Å². The van der Waals surface area contributed by atoms with Gasteiger partial charge >= 0.3 is 5.97 Å². The minimum atomic E-state index is -0.270. The van der Waals surface area contributed by atoms with E-state index < -0.39 is 0 Å². The van der Waals surface area contributed by atoms with Crippen molar-refractivity contribution in [2.24, 2.45) is 0 Å². The predicted octanol–water partition coefficient (Wildman–Crippen LogP) is 3.51. The molecule has 0 bridgehead atoms. The predicted molar refractivity (Wildman–Crippen MR) is 65.8 cm³/mol. The van der Waals surface area contributed by atoms with Crippen molar-refractivity contribution in [2.45, 2.75) is 6.92 Å². The zero-order valence-electron chi connectivity index (χ0n) is 9.19.